The Morgan fingerprint density at radius 2 is 0.415 bits per heavy atom. The normalized spacial score (nSPS) is 11.4. The summed E-state index contributed by atoms with van der Waals surface area (Å²) < 4.78 is 2.32. The number of thiophene rings is 1. The molecule has 0 bridgehead atoms. The fourth-order valence-corrected chi connectivity index (χ4v) is 21.8. The van der Waals surface area contributed by atoms with E-state index in [2.05, 4.69) is 442 Å². The molecule has 7 heterocycles. The van der Waals surface area contributed by atoms with Gasteiger partial charge >= 0.3 is 0 Å². The number of nitrogens with zero attached hydrogens (tertiary/aromatic N) is 9. The number of benzene rings is 21. The molecule has 0 aliphatic rings. The quantitative estimate of drug-likeness (QED) is 0.0925. The third-order valence-electron chi connectivity index (χ3n) is 28.0. The Labute approximate surface area is 853 Å². The van der Waals surface area contributed by atoms with Gasteiger partial charge in [-0.05, 0) is 195 Å². The van der Waals surface area contributed by atoms with Gasteiger partial charge in [0.25, 0.3) is 0 Å². The second kappa shape index (κ2) is 38.6. The van der Waals surface area contributed by atoms with Crippen molar-refractivity contribution < 1.29 is 0 Å². The highest BCUT2D eigenvalue weighted by atomic mass is 32.1. The summed E-state index contributed by atoms with van der Waals surface area (Å²) in [5.74, 6) is 1.44. The van der Waals surface area contributed by atoms with Crippen LogP contribution < -0.4 is 0 Å². The molecule has 0 radical (unpaired) electrons. The van der Waals surface area contributed by atoms with Gasteiger partial charge in [-0.2, -0.15) is 0 Å². The molecule has 0 amide bonds. The maximum atomic E-state index is 5.24. The van der Waals surface area contributed by atoms with Gasteiger partial charge in [0.15, 0.2) is 11.6 Å². The van der Waals surface area contributed by atoms with Crippen LogP contribution in [0.15, 0.2) is 528 Å². The van der Waals surface area contributed by atoms with Gasteiger partial charge in [0, 0.05) is 99.8 Å². The minimum absolute atomic E-state index is 0.715. The van der Waals surface area contributed by atoms with Crippen LogP contribution in [0.5, 0.6) is 0 Å². The van der Waals surface area contributed by atoms with Crippen LogP contribution in [0, 0.1) is 0 Å². The van der Waals surface area contributed by atoms with E-state index in [9.17, 15) is 0 Å². The predicted octanol–water partition coefficient (Wildman–Crippen LogP) is 36.2. The molecule has 10 heteroatoms. The molecule has 0 N–H and O–H groups in total. The summed E-state index contributed by atoms with van der Waals surface area (Å²) in [5, 5.41) is 12.7. The van der Waals surface area contributed by atoms with Gasteiger partial charge in [0.2, 0.25) is 0 Å². The van der Waals surface area contributed by atoms with E-state index < -0.39 is 0 Å². The molecule has 28 aromatic rings. The van der Waals surface area contributed by atoms with Gasteiger partial charge in [-0.3, -0.25) is 15.0 Å². The van der Waals surface area contributed by atoms with Crippen molar-refractivity contribution in [3.8, 4) is 168 Å². The van der Waals surface area contributed by atoms with Crippen molar-refractivity contribution in [2.24, 2.45) is 0 Å². The molecule has 686 valence electrons. The minimum atomic E-state index is 0.715. The van der Waals surface area contributed by atoms with Crippen molar-refractivity contribution in [3.63, 3.8) is 0 Å². The van der Waals surface area contributed by atoms with Crippen molar-refractivity contribution >= 4 is 119 Å². The van der Waals surface area contributed by atoms with E-state index in [1.54, 1.807) is 11.3 Å². The Kier molecular flexibility index (Phi) is 23.0. The van der Waals surface area contributed by atoms with Gasteiger partial charge in [-0.25, -0.2) is 29.9 Å². The lowest BCUT2D eigenvalue weighted by Gasteiger charge is -2.13. The summed E-state index contributed by atoms with van der Waals surface area (Å²) in [6.45, 7) is 0. The number of pyridine rings is 3. The first-order chi connectivity index (χ1) is 72.8. The monoisotopic (exact) mass is 1890 g/mol. The van der Waals surface area contributed by atoms with Crippen molar-refractivity contribution in [1.29, 1.82) is 0 Å². The molecule has 9 nitrogen and oxygen atoms in total. The molecule has 0 unspecified atom stereocenters. The van der Waals surface area contributed by atoms with Crippen molar-refractivity contribution in [3.05, 3.63) is 528 Å². The lowest BCUT2D eigenvalue weighted by atomic mass is 9.93. The number of fused-ring (bicyclic) bond motifs is 14. The van der Waals surface area contributed by atoms with E-state index in [1.807, 2.05) is 91.4 Å². The molecule has 0 atom stereocenters. The van der Waals surface area contributed by atoms with Crippen molar-refractivity contribution in [2.45, 2.75) is 0 Å². The summed E-state index contributed by atoms with van der Waals surface area (Å²) in [6.07, 6.45) is 5.60. The first-order valence-corrected chi connectivity index (χ1v) is 50.3. The van der Waals surface area contributed by atoms with Crippen LogP contribution >= 0.6 is 11.3 Å². The Bertz CT molecular complexity index is 9880. The molecular weight excluding hydrogens is 1800 g/mol. The molecule has 0 aliphatic heterocycles. The van der Waals surface area contributed by atoms with Crippen LogP contribution in [0.25, 0.3) is 275 Å². The largest absolute Gasteiger partial charge is 0.256 e. The first kappa shape index (κ1) is 87.8. The number of hydrogen-bond acceptors (Lipinski definition) is 10. The number of rotatable bonds is 15. The van der Waals surface area contributed by atoms with E-state index in [-0.39, 0.29) is 0 Å². The number of para-hydroxylation sites is 3. The molecule has 0 saturated heterocycles. The Hall–Kier alpha value is -19.4. The van der Waals surface area contributed by atoms with Crippen LogP contribution in [-0.2, 0) is 0 Å². The third kappa shape index (κ3) is 17.2. The van der Waals surface area contributed by atoms with Crippen LogP contribution in [0.4, 0.5) is 0 Å². The van der Waals surface area contributed by atoms with Crippen LogP contribution in [0.1, 0.15) is 0 Å². The minimum Gasteiger partial charge on any atom is -0.256 e. The van der Waals surface area contributed by atoms with E-state index in [4.69, 9.17) is 39.9 Å². The fourth-order valence-electron chi connectivity index (χ4n) is 20.6. The van der Waals surface area contributed by atoms with Gasteiger partial charge < -0.3 is 0 Å². The maximum Gasteiger partial charge on any atom is 0.160 e. The molecule has 28 rings (SSSR count). The van der Waals surface area contributed by atoms with Crippen LogP contribution in [-0.4, -0.2) is 44.9 Å². The topological polar surface area (TPSA) is 116 Å². The zero-order valence-electron chi connectivity index (χ0n) is 79.7. The molecule has 0 spiro atoms. The van der Waals surface area contributed by atoms with E-state index >= 15 is 0 Å². The second-order valence-corrected chi connectivity index (χ2v) is 38.0. The smallest absolute Gasteiger partial charge is 0.160 e. The molecule has 147 heavy (non-hydrogen) atoms. The fraction of sp³-hybridized carbons (Fsp3) is 0. The molecule has 0 saturated carbocycles. The zero-order valence-corrected chi connectivity index (χ0v) is 80.5. The Balaban J connectivity index is 0.000000112. The summed E-state index contributed by atoms with van der Waals surface area (Å²) in [6, 6.07) is 180. The third-order valence-corrected chi connectivity index (χ3v) is 29.2. The number of hydrogen-bond donors (Lipinski definition) is 0. The van der Waals surface area contributed by atoms with E-state index in [0.717, 1.165) is 166 Å². The van der Waals surface area contributed by atoms with Crippen LogP contribution in [0.3, 0.4) is 0 Å². The highest BCUT2D eigenvalue weighted by Crippen LogP contribution is 2.46. The molecule has 7 aromatic heterocycles. The number of aromatic nitrogens is 9. The standard InChI is InChI=1S/C47H29N3S.2C45H29N3/c1-2-10-30(11-3-1)31-19-23-33(24-20-31)44-46-45(40-17-6-7-18-42(40)51-46)50-47(49-44)34-25-21-32(22-26-34)35-12-8-13-36(28-35)41-29-37-14-9-27-48-43(37)39-16-5-4-15-38(39)41;1-2-10-30(11-3-1)31-19-23-33(24-20-31)44-45(48-42-18-7-6-17-41(42)47-44)34-25-21-32(22-26-34)35-12-8-13-36(28-35)40-29-37-14-9-27-46-43(37)39-16-5-4-15-38(39)40;1-2-10-30(11-3-1)31-19-23-33(24-20-31)44-40-17-6-7-18-42(40)47-45(48-44)34-25-21-32(22-26-34)35-12-8-13-36(28-35)41-29-37-14-9-27-46-43(37)39-16-5-4-15-38(39)41/h1-29H;2*1-29H. The SMILES string of the molecule is c1ccc(-c2ccc(-c3nc(-c4ccc(-c5cccc(-c6cc7cccnc7c7ccccc67)c5)cc4)nc4c3sc3ccccc34)cc2)cc1.c1ccc(-c2ccc(-c3nc(-c4ccc(-c5cccc(-c6cc7cccnc7c7ccccc67)c5)cc4)nc4ccccc34)cc2)cc1.c1ccc(-c2ccc(-c3nc4ccccc4nc3-c3ccc(-c4cccc(-c5cc6cccnc6c6ccccc56)c4)cc3)cc2)cc1. The van der Waals surface area contributed by atoms with Gasteiger partial charge in [0.1, 0.15) is 0 Å². The summed E-state index contributed by atoms with van der Waals surface area (Å²) >= 11 is 1.76. The van der Waals surface area contributed by atoms with Gasteiger partial charge in [0.05, 0.1) is 66.1 Å². The highest BCUT2D eigenvalue weighted by Gasteiger charge is 2.23. The van der Waals surface area contributed by atoms with Gasteiger partial charge in [-0.15, -0.1) is 11.3 Å². The summed E-state index contributed by atoms with van der Waals surface area (Å²) in [4.78, 5) is 44.9. The Morgan fingerprint density at radius 3 is 0.803 bits per heavy atom. The molecular formula is C137H87N9S. The average Bonchev–Trinajstić information content (AvgIpc) is 0.986. The molecule has 21 aromatic carbocycles. The zero-order chi connectivity index (χ0) is 97.5. The molecule has 0 fully saturated rings. The lowest BCUT2D eigenvalue weighted by molar-refractivity contribution is 1.23. The Morgan fingerprint density at radius 1 is 0.143 bits per heavy atom. The van der Waals surface area contributed by atoms with Crippen LogP contribution in [0.2, 0.25) is 0 Å². The average molecular weight is 1890 g/mol. The van der Waals surface area contributed by atoms with E-state index in [0.29, 0.717) is 5.82 Å². The first-order valence-electron chi connectivity index (χ1n) is 49.5. The highest BCUT2D eigenvalue weighted by molar-refractivity contribution is 7.26. The summed E-state index contributed by atoms with van der Waals surface area (Å²) in [5.41, 5.74) is 37.9. The second-order valence-electron chi connectivity index (χ2n) is 36.9. The van der Waals surface area contributed by atoms with Crippen molar-refractivity contribution in [1.82, 2.24) is 44.9 Å². The lowest BCUT2D eigenvalue weighted by Crippen LogP contribution is -1.95. The molecule has 0 aliphatic carbocycles. The predicted molar refractivity (Wildman–Crippen MR) is 614 cm³/mol. The van der Waals surface area contributed by atoms with Crippen molar-refractivity contribution in [2.75, 3.05) is 0 Å². The van der Waals surface area contributed by atoms with Gasteiger partial charge in [-0.1, -0.05) is 431 Å². The maximum absolute atomic E-state index is 5.24. The summed E-state index contributed by atoms with van der Waals surface area (Å²) in [7, 11) is 0. The van der Waals surface area contributed by atoms with E-state index in [1.165, 1.54) is 104 Å².